The number of hydrogen-bond acceptors (Lipinski definition) is 2. The highest BCUT2D eigenvalue weighted by atomic mass is 19.1. The van der Waals surface area contributed by atoms with Gasteiger partial charge in [0, 0.05) is 12.1 Å². The molecule has 0 fully saturated rings. The van der Waals surface area contributed by atoms with Gasteiger partial charge in [-0.05, 0) is 37.6 Å². The van der Waals surface area contributed by atoms with Gasteiger partial charge in [-0.2, -0.15) is 0 Å². The fraction of sp³-hybridized carbons (Fsp3) is 0.250. The first-order chi connectivity index (χ1) is 7.61. The maximum Gasteiger partial charge on any atom is 0.126 e. The van der Waals surface area contributed by atoms with Crippen LogP contribution in [0, 0.1) is 19.7 Å². The molecule has 4 heteroatoms. The molecule has 0 amide bonds. The Morgan fingerprint density at radius 3 is 2.75 bits per heavy atom. The van der Waals surface area contributed by atoms with Gasteiger partial charge in [-0.15, -0.1) is 0 Å². The standard InChI is InChI=1S/C12H14FN3/c1-7-5-9(3-4-10(7)13)12-11(6-14)15-8(2)16-12/h3-5H,6,14H2,1-2H3,(H,15,16). The van der Waals surface area contributed by atoms with Crippen LogP contribution in [0.3, 0.4) is 0 Å². The lowest BCUT2D eigenvalue weighted by Gasteiger charge is -2.02. The van der Waals surface area contributed by atoms with E-state index >= 15 is 0 Å². The first-order valence-corrected chi connectivity index (χ1v) is 5.14. The van der Waals surface area contributed by atoms with Crippen molar-refractivity contribution in [1.82, 2.24) is 9.97 Å². The minimum atomic E-state index is -0.203. The molecule has 2 aromatic rings. The van der Waals surface area contributed by atoms with Gasteiger partial charge in [0.05, 0.1) is 11.4 Å². The molecule has 2 rings (SSSR count). The molecule has 1 heterocycles. The molecule has 0 bridgehead atoms. The Bertz CT molecular complexity index is 517. The Labute approximate surface area is 93.5 Å². The van der Waals surface area contributed by atoms with Crippen LogP contribution >= 0.6 is 0 Å². The topological polar surface area (TPSA) is 54.7 Å². The Morgan fingerprint density at radius 1 is 1.38 bits per heavy atom. The van der Waals surface area contributed by atoms with E-state index in [1.54, 1.807) is 19.1 Å². The Hall–Kier alpha value is -1.68. The molecule has 0 radical (unpaired) electrons. The number of H-pyrrole nitrogens is 1. The van der Waals surface area contributed by atoms with Crippen LogP contribution in [-0.2, 0) is 6.54 Å². The third-order valence-electron chi connectivity index (χ3n) is 2.53. The second-order valence-electron chi connectivity index (χ2n) is 3.82. The van der Waals surface area contributed by atoms with Crippen molar-refractivity contribution in [3.63, 3.8) is 0 Å². The van der Waals surface area contributed by atoms with Crippen molar-refractivity contribution in [2.75, 3.05) is 0 Å². The van der Waals surface area contributed by atoms with Crippen LogP contribution in [-0.4, -0.2) is 9.97 Å². The first-order valence-electron chi connectivity index (χ1n) is 5.14. The Kier molecular flexibility index (Phi) is 2.75. The molecular weight excluding hydrogens is 205 g/mol. The fourth-order valence-corrected chi connectivity index (χ4v) is 1.72. The van der Waals surface area contributed by atoms with Crippen molar-refractivity contribution in [1.29, 1.82) is 0 Å². The number of nitrogens with zero attached hydrogens (tertiary/aromatic N) is 1. The zero-order chi connectivity index (χ0) is 11.7. The van der Waals surface area contributed by atoms with E-state index in [2.05, 4.69) is 9.97 Å². The van der Waals surface area contributed by atoms with E-state index in [4.69, 9.17) is 5.73 Å². The smallest absolute Gasteiger partial charge is 0.126 e. The summed E-state index contributed by atoms with van der Waals surface area (Å²) >= 11 is 0. The van der Waals surface area contributed by atoms with Gasteiger partial charge in [0.25, 0.3) is 0 Å². The number of nitrogens with one attached hydrogen (secondary N) is 1. The summed E-state index contributed by atoms with van der Waals surface area (Å²) in [6.07, 6.45) is 0. The number of imidazole rings is 1. The summed E-state index contributed by atoms with van der Waals surface area (Å²) in [5.74, 6) is 0.614. The number of aryl methyl sites for hydroxylation is 2. The largest absolute Gasteiger partial charge is 0.345 e. The third-order valence-corrected chi connectivity index (χ3v) is 2.53. The molecule has 84 valence electrons. The molecule has 1 aromatic carbocycles. The van der Waals surface area contributed by atoms with Crippen molar-refractivity contribution >= 4 is 0 Å². The lowest BCUT2D eigenvalue weighted by Crippen LogP contribution is -1.99. The van der Waals surface area contributed by atoms with Gasteiger partial charge >= 0.3 is 0 Å². The molecule has 0 atom stereocenters. The summed E-state index contributed by atoms with van der Waals surface area (Å²) in [6.45, 7) is 4.01. The molecule has 0 saturated carbocycles. The highest BCUT2D eigenvalue weighted by Gasteiger charge is 2.10. The number of aromatic nitrogens is 2. The second kappa shape index (κ2) is 4.06. The zero-order valence-corrected chi connectivity index (χ0v) is 9.34. The zero-order valence-electron chi connectivity index (χ0n) is 9.34. The lowest BCUT2D eigenvalue weighted by molar-refractivity contribution is 0.618. The van der Waals surface area contributed by atoms with Crippen LogP contribution in [0.15, 0.2) is 18.2 Å². The van der Waals surface area contributed by atoms with Crippen LogP contribution in [0.25, 0.3) is 11.3 Å². The number of nitrogens with two attached hydrogens (primary N) is 1. The number of benzene rings is 1. The van der Waals surface area contributed by atoms with Gasteiger partial charge in [-0.1, -0.05) is 0 Å². The van der Waals surface area contributed by atoms with Gasteiger partial charge in [0.1, 0.15) is 11.6 Å². The summed E-state index contributed by atoms with van der Waals surface area (Å²) in [4.78, 5) is 7.46. The predicted octanol–water partition coefficient (Wildman–Crippen LogP) is 2.29. The summed E-state index contributed by atoms with van der Waals surface area (Å²) < 4.78 is 13.1. The summed E-state index contributed by atoms with van der Waals surface area (Å²) in [6, 6.07) is 4.95. The van der Waals surface area contributed by atoms with Crippen molar-refractivity contribution in [3.8, 4) is 11.3 Å². The van der Waals surface area contributed by atoms with Gasteiger partial charge in [0.2, 0.25) is 0 Å². The van der Waals surface area contributed by atoms with Crippen molar-refractivity contribution in [2.45, 2.75) is 20.4 Å². The molecule has 1 aromatic heterocycles. The van der Waals surface area contributed by atoms with Gasteiger partial charge < -0.3 is 10.7 Å². The van der Waals surface area contributed by atoms with E-state index in [-0.39, 0.29) is 5.82 Å². The average Bonchev–Trinajstić information content (AvgIpc) is 2.63. The summed E-state index contributed by atoms with van der Waals surface area (Å²) in [7, 11) is 0. The first kappa shape index (κ1) is 10.8. The van der Waals surface area contributed by atoms with Gasteiger partial charge in [0.15, 0.2) is 0 Å². The monoisotopic (exact) mass is 219 g/mol. The highest BCUT2D eigenvalue weighted by molar-refractivity contribution is 5.63. The molecule has 0 saturated heterocycles. The van der Waals surface area contributed by atoms with E-state index in [1.165, 1.54) is 6.07 Å². The van der Waals surface area contributed by atoms with Crippen LogP contribution < -0.4 is 5.73 Å². The maximum absolute atomic E-state index is 13.1. The van der Waals surface area contributed by atoms with Crippen LogP contribution in [0.2, 0.25) is 0 Å². The van der Waals surface area contributed by atoms with Crippen molar-refractivity contribution < 1.29 is 4.39 Å². The van der Waals surface area contributed by atoms with Crippen LogP contribution in [0.4, 0.5) is 4.39 Å². The molecule has 0 aliphatic carbocycles. The molecule has 0 aliphatic rings. The number of rotatable bonds is 2. The molecule has 3 nitrogen and oxygen atoms in total. The Balaban J connectivity index is 2.53. The van der Waals surface area contributed by atoms with E-state index in [1.807, 2.05) is 6.92 Å². The molecule has 0 unspecified atom stereocenters. The van der Waals surface area contributed by atoms with Crippen molar-refractivity contribution in [2.24, 2.45) is 5.73 Å². The second-order valence-corrected chi connectivity index (χ2v) is 3.82. The third kappa shape index (κ3) is 1.84. The number of halogens is 1. The highest BCUT2D eigenvalue weighted by Crippen LogP contribution is 2.23. The van der Waals surface area contributed by atoms with E-state index in [9.17, 15) is 4.39 Å². The normalized spacial score (nSPS) is 10.8. The average molecular weight is 219 g/mol. The van der Waals surface area contributed by atoms with Gasteiger partial charge in [-0.3, -0.25) is 0 Å². The van der Waals surface area contributed by atoms with Gasteiger partial charge in [-0.25, -0.2) is 9.37 Å². The predicted molar refractivity (Wildman–Crippen MR) is 61.3 cm³/mol. The molecular formula is C12H14FN3. The van der Waals surface area contributed by atoms with Crippen LogP contribution in [0.5, 0.6) is 0 Å². The van der Waals surface area contributed by atoms with Crippen LogP contribution in [0.1, 0.15) is 17.1 Å². The number of hydrogen-bond donors (Lipinski definition) is 2. The SMILES string of the molecule is Cc1nc(-c2ccc(F)c(C)c2)c(CN)[nH]1. The van der Waals surface area contributed by atoms with E-state index < -0.39 is 0 Å². The Morgan fingerprint density at radius 2 is 2.12 bits per heavy atom. The molecule has 3 N–H and O–H groups in total. The molecule has 0 aliphatic heterocycles. The number of aromatic amines is 1. The molecule has 0 spiro atoms. The van der Waals surface area contributed by atoms with Crippen molar-refractivity contribution in [3.05, 3.63) is 41.1 Å². The summed E-state index contributed by atoms with van der Waals surface area (Å²) in [5.41, 5.74) is 8.82. The quantitative estimate of drug-likeness (QED) is 0.814. The minimum absolute atomic E-state index is 0.203. The maximum atomic E-state index is 13.1. The molecule has 16 heavy (non-hydrogen) atoms. The minimum Gasteiger partial charge on any atom is -0.345 e. The lowest BCUT2D eigenvalue weighted by atomic mass is 10.1. The fourth-order valence-electron chi connectivity index (χ4n) is 1.72. The van der Waals surface area contributed by atoms with E-state index in [0.717, 1.165) is 22.8 Å². The van der Waals surface area contributed by atoms with E-state index in [0.29, 0.717) is 12.1 Å². The summed E-state index contributed by atoms with van der Waals surface area (Å²) in [5, 5.41) is 0.